The first-order valence-electron chi connectivity index (χ1n) is 15.0. The van der Waals surface area contributed by atoms with E-state index in [1.807, 2.05) is 12.1 Å². The third-order valence-corrected chi connectivity index (χ3v) is 8.53. The second-order valence-electron chi connectivity index (χ2n) is 12.5. The Labute approximate surface area is 276 Å². The topological polar surface area (TPSA) is 124 Å². The van der Waals surface area contributed by atoms with Crippen LogP contribution in [0.25, 0.3) is 0 Å². The molecule has 0 amide bonds. The molecule has 46 heavy (non-hydrogen) atoms. The number of halogens is 1. The van der Waals surface area contributed by atoms with Crippen molar-refractivity contribution < 1.29 is 24.7 Å². The number of non-ortho nitro benzene ring substituents is 1. The van der Waals surface area contributed by atoms with E-state index < -0.39 is 22.8 Å². The van der Waals surface area contributed by atoms with Crippen molar-refractivity contribution in [3.05, 3.63) is 134 Å². The van der Waals surface area contributed by atoms with Crippen LogP contribution in [0.1, 0.15) is 62.6 Å². The fraction of sp³-hybridized carbons (Fsp3) is 0.333. The summed E-state index contributed by atoms with van der Waals surface area (Å²) in [5.74, 6) is -3.45. The second kappa shape index (κ2) is 15.2. The monoisotopic (exact) mass is 647 g/mol. The summed E-state index contributed by atoms with van der Waals surface area (Å²) in [6.07, 6.45) is 0.902. The highest BCUT2D eigenvalue weighted by molar-refractivity contribution is 5.98. The molecule has 3 aromatic carbocycles. The lowest BCUT2D eigenvalue weighted by Gasteiger charge is -2.42. The molecule has 3 aromatic rings. The molecule has 0 unspecified atom stereocenters. The molecule has 0 fully saturated rings. The van der Waals surface area contributed by atoms with Crippen LogP contribution in [-0.4, -0.2) is 63.6 Å². The van der Waals surface area contributed by atoms with E-state index in [4.69, 9.17) is 0 Å². The van der Waals surface area contributed by atoms with Gasteiger partial charge >= 0.3 is 11.9 Å². The molecule has 0 bridgehead atoms. The van der Waals surface area contributed by atoms with Gasteiger partial charge in [-0.2, -0.15) is 0 Å². The summed E-state index contributed by atoms with van der Waals surface area (Å²) in [7, 11) is 2.07. The van der Waals surface area contributed by atoms with Gasteiger partial charge in [-0.05, 0) is 56.0 Å². The summed E-state index contributed by atoms with van der Waals surface area (Å²) in [4.78, 5) is 40.3. The molecule has 0 aliphatic carbocycles. The van der Waals surface area contributed by atoms with Crippen molar-refractivity contribution in [2.45, 2.75) is 46.0 Å². The van der Waals surface area contributed by atoms with Gasteiger partial charge in [0.2, 0.25) is 0 Å². The van der Waals surface area contributed by atoms with Crippen LogP contribution < -0.4 is 0 Å². The first-order valence-corrected chi connectivity index (χ1v) is 15.0. The fourth-order valence-electron chi connectivity index (χ4n) is 6.58. The molecule has 0 radical (unpaired) electrons. The van der Waals surface area contributed by atoms with Crippen LogP contribution in [0.3, 0.4) is 0 Å². The summed E-state index contributed by atoms with van der Waals surface area (Å²) < 4.78 is 0. The number of nitro groups is 1. The van der Waals surface area contributed by atoms with Crippen LogP contribution in [0.5, 0.6) is 0 Å². The van der Waals surface area contributed by atoms with Gasteiger partial charge in [0.15, 0.2) is 0 Å². The zero-order valence-electron chi connectivity index (χ0n) is 26.8. The van der Waals surface area contributed by atoms with E-state index in [0.717, 1.165) is 13.0 Å². The number of rotatable bonds is 13. The quantitative estimate of drug-likeness (QED) is 0.146. The number of hydrogen-bond acceptors (Lipinski definition) is 6. The van der Waals surface area contributed by atoms with E-state index in [1.54, 1.807) is 18.7 Å². The zero-order valence-corrected chi connectivity index (χ0v) is 27.7. The van der Waals surface area contributed by atoms with E-state index in [1.165, 1.54) is 35.4 Å². The summed E-state index contributed by atoms with van der Waals surface area (Å²) in [5, 5.41) is 32.1. The molecule has 0 aromatic heterocycles. The van der Waals surface area contributed by atoms with Crippen LogP contribution in [-0.2, 0) is 9.59 Å². The number of carboxylic acids is 2. The zero-order chi connectivity index (χ0) is 32.9. The Morgan fingerprint density at radius 1 is 0.891 bits per heavy atom. The number of carboxylic acid groups (broad SMARTS) is 2. The number of benzene rings is 3. The molecule has 1 aliphatic rings. The summed E-state index contributed by atoms with van der Waals surface area (Å²) in [6.45, 7) is 9.41. The molecule has 10 heteroatoms. The minimum absolute atomic E-state index is 0. The molecule has 0 spiro atoms. The highest BCUT2D eigenvalue weighted by atomic mass is 35.5. The number of hydrogen-bond donors (Lipinski definition) is 2. The van der Waals surface area contributed by atoms with E-state index in [2.05, 4.69) is 74.3 Å². The molecule has 1 heterocycles. The predicted octanol–water partition coefficient (Wildman–Crippen LogP) is 7.31. The second-order valence-corrected chi connectivity index (χ2v) is 12.5. The Balaban J connectivity index is 0.00000576. The van der Waals surface area contributed by atoms with Crippen LogP contribution in [0, 0.1) is 15.5 Å². The first-order chi connectivity index (χ1) is 21.3. The lowest BCUT2D eigenvalue weighted by Crippen LogP contribution is -2.43. The van der Waals surface area contributed by atoms with E-state index >= 15 is 0 Å². The molecular formula is C36H42ClN3O6. The standard InChI is InChI=1S/C36H41N3O6.ClH/c1-24-31(34(40)41)33(28-17-12-18-29(21-28)39(44)45)32(35(42)43)25(2)38(24)23-36(3,4)22-37(5)20-19-30(26-13-8-6-9-14-26)27-15-10-7-11-16-27;/h6-18,21,30,33H,19-20,22-23H2,1-5H3,(H,40,41)(H,42,43);1H. The lowest BCUT2D eigenvalue weighted by atomic mass is 9.79. The lowest BCUT2D eigenvalue weighted by molar-refractivity contribution is -0.384. The number of nitro benzene ring substituents is 1. The van der Waals surface area contributed by atoms with Crippen LogP contribution in [0.4, 0.5) is 5.69 Å². The van der Waals surface area contributed by atoms with Gasteiger partial charge in [0, 0.05) is 42.5 Å². The van der Waals surface area contributed by atoms with Crippen LogP contribution in [0.2, 0.25) is 0 Å². The van der Waals surface area contributed by atoms with Gasteiger partial charge in [-0.3, -0.25) is 10.1 Å². The largest absolute Gasteiger partial charge is 0.478 e. The Kier molecular flexibility index (Phi) is 11.9. The van der Waals surface area contributed by atoms with Crippen LogP contribution >= 0.6 is 12.4 Å². The highest BCUT2D eigenvalue weighted by Gasteiger charge is 2.41. The molecular weight excluding hydrogens is 606 g/mol. The number of aliphatic carboxylic acids is 2. The minimum atomic E-state index is -1.26. The molecule has 0 saturated heterocycles. The minimum Gasteiger partial charge on any atom is -0.478 e. The smallest absolute Gasteiger partial charge is 0.334 e. The number of allylic oxidation sites excluding steroid dienone is 2. The third-order valence-electron chi connectivity index (χ3n) is 8.53. The van der Waals surface area contributed by atoms with Gasteiger partial charge in [-0.1, -0.05) is 86.6 Å². The van der Waals surface area contributed by atoms with E-state index in [0.29, 0.717) is 24.5 Å². The maximum atomic E-state index is 12.7. The Hall–Kier alpha value is -4.47. The van der Waals surface area contributed by atoms with Gasteiger partial charge in [-0.25, -0.2) is 9.59 Å². The van der Waals surface area contributed by atoms with Crippen molar-refractivity contribution in [3.63, 3.8) is 0 Å². The number of carbonyl (C=O) groups is 2. The van der Waals surface area contributed by atoms with E-state index in [9.17, 15) is 29.9 Å². The highest BCUT2D eigenvalue weighted by Crippen LogP contribution is 2.43. The summed E-state index contributed by atoms with van der Waals surface area (Å²) in [6, 6.07) is 26.4. The normalized spacial score (nSPS) is 14.1. The van der Waals surface area contributed by atoms with Crippen molar-refractivity contribution in [3.8, 4) is 0 Å². The molecule has 244 valence electrons. The van der Waals surface area contributed by atoms with Gasteiger partial charge in [0.25, 0.3) is 5.69 Å². The third kappa shape index (κ3) is 8.21. The maximum Gasteiger partial charge on any atom is 0.334 e. The van der Waals surface area contributed by atoms with Crippen LogP contribution in [0.15, 0.2) is 107 Å². The maximum absolute atomic E-state index is 12.7. The van der Waals surface area contributed by atoms with Gasteiger partial charge in [0.05, 0.1) is 22.0 Å². The Morgan fingerprint density at radius 3 is 1.85 bits per heavy atom. The van der Waals surface area contributed by atoms with Crippen molar-refractivity contribution >= 4 is 30.0 Å². The molecule has 0 atom stereocenters. The van der Waals surface area contributed by atoms with Crippen molar-refractivity contribution in [2.75, 3.05) is 26.7 Å². The van der Waals surface area contributed by atoms with Gasteiger partial charge < -0.3 is 20.0 Å². The predicted molar refractivity (Wildman–Crippen MR) is 181 cm³/mol. The van der Waals surface area contributed by atoms with Crippen molar-refractivity contribution in [1.29, 1.82) is 0 Å². The first kappa shape index (κ1) is 36.0. The fourth-order valence-corrected chi connectivity index (χ4v) is 6.58. The van der Waals surface area contributed by atoms with Gasteiger partial charge in [0.1, 0.15) is 0 Å². The SMILES string of the molecule is CC1=C(C(=O)O)C(c2cccc([N+](=O)[O-])c2)C(C(=O)O)=C(C)N1CC(C)(C)CN(C)CCC(c1ccccc1)c1ccccc1.Cl. The molecule has 9 nitrogen and oxygen atoms in total. The Bertz CT molecular complexity index is 1540. The van der Waals surface area contributed by atoms with Crippen molar-refractivity contribution in [1.82, 2.24) is 9.80 Å². The average molecular weight is 648 g/mol. The number of nitrogens with zero attached hydrogens (tertiary/aromatic N) is 3. The molecule has 4 rings (SSSR count). The molecule has 1 aliphatic heterocycles. The van der Waals surface area contributed by atoms with Gasteiger partial charge in [-0.15, -0.1) is 12.4 Å². The van der Waals surface area contributed by atoms with Crippen molar-refractivity contribution in [2.24, 2.45) is 5.41 Å². The molecule has 0 saturated carbocycles. The summed E-state index contributed by atoms with van der Waals surface area (Å²) >= 11 is 0. The van der Waals surface area contributed by atoms with E-state index in [-0.39, 0.29) is 46.1 Å². The average Bonchev–Trinajstić information content (AvgIpc) is 2.99. The Morgan fingerprint density at radius 2 is 1.39 bits per heavy atom. The molecule has 2 N–H and O–H groups in total. The summed E-state index contributed by atoms with van der Waals surface area (Å²) in [5.41, 5.74) is 2.81.